The van der Waals surface area contributed by atoms with Crippen molar-refractivity contribution in [2.24, 2.45) is 0 Å². The Morgan fingerprint density at radius 3 is 2.39 bits per heavy atom. The van der Waals surface area contributed by atoms with E-state index >= 15 is 0 Å². The van der Waals surface area contributed by atoms with Crippen LogP contribution in [0.15, 0.2) is 58.4 Å². The number of aryl methyl sites for hydroxylation is 1. The summed E-state index contributed by atoms with van der Waals surface area (Å²) >= 11 is 0. The lowest BCUT2D eigenvalue weighted by atomic mass is 9.95. The maximum absolute atomic E-state index is 14.1. The summed E-state index contributed by atoms with van der Waals surface area (Å²) < 4.78 is 31.9. The van der Waals surface area contributed by atoms with Gasteiger partial charge in [-0.2, -0.15) is 0 Å². The first-order valence-corrected chi connectivity index (χ1v) is 11.2. The molecule has 0 bridgehead atoms. The molecule has 33 heavy (non-hydrogen) atoms. The predicted molar refractivity (Wildman–Crippen MR) is 122 cm³/mol. The largest absolute Gasteiger partial charge is 0.337 e. The van der Waals surface area contributed by atoms with E-state index in [2.05, 4.69) is 4.98 Å². The van der Waals surface area contributed by atoms with Gasteiger partial charge in [0.05, 0.1) is 12.0 Å². The van der Waals surface area contributed by atoms with Crippen LogP contribution in [0.1, 0.15) is 49.3 Å². The van der Waals surface area contributed by atoms with Crippen LogP contribution in [0.4, 0.5) is 8.78 Å². The molecule has 6 nitrogen and oxygen atoms in total. The van der Waals surface area contributed by atoms with Crippen molar-refractivity contribution >= 4 is 11.2 Å². The third-order valence-corrected chi connectivity index (χ3v) is 6.42. The molecule has 8 heteroatoms. The molecule has 0 atom stereocenters. The highest BCUT2D eigenvalue weighted by Gasteiger charge is 2.25. The van der Waals surface area contributed by atoms with Gasteiger partial charge in [-0.05, 0) is 37.5 Å². The summed E-state index contributed by atoms with van der Waals surface area (Å²) in [5.41, 5.74) is 1.67. The molecule has 2 aromatic heterocycles. The molecule has 0 saturated heterocycles. The van der Waals surface area contributed by atoms with Gasteiger partial charge < -0.3 is 4.57 Å². The van der Waals surface area contributed by atoms with Gasteiger partial charge in [-0.15, -0.1) is 0 Å². The Morgan fingerprint density at radius 2 is 1.70 bits per heavy atom. The van der Waals surface area contributed by atoms with E-state index in [1.54, 1.807) is 4.57 Å². The predicted octanol–water partition coefficient (Wildman–Crippen LogP) is 4.49. The summed E-state index contributed by atoms with van der Waals surface area (Å²) in [6.07, 6.45) is 5.91. The van der Waals surface area contributed by atoms with Crippen molar-refractivity contribution in [1.82, 2.24) is 18.7 Å². The van der Waals surface area contributed by atoms with Crippen molar-refractivity contribution in [3.05, 3.63) is 92.4 Å². The molecule has 1 fully saturated rings. The zero-order valence-electron chi connectivity index (χ0n) is 18.3. The highest BCUT2D eigenvalue weighted by Crippen LogP contribution is 2.27. The fraction of sp³-hybridized carbons (Fsp3) is 0.320. The molecule has 0 unspecified atom stereocenters. The maximum atomic E-state index is 14.1. The highest BCUT2D eigenvalue weighted by molar-refractivity contribution is 5.72. The van der Waals surface area contributed by atoms with Crippen molar-refractivity contribution in [3.8, 4) is 5.69 Å². The summed E-state index contributed by atoms with van der Waals surface area (Å²) in [4.78, 5) is 31.6. The van der Waals surface area contributed by atoms with Crippen LogP contribution in [0.5, 0.6) is 0 Å². The van der Waals surface area contributed by atoms with E-state index < -0.39 is 22.9 Å². The molecule has 2 aromatic carbocycles. The Hall–Kier alpha value is -3.55. The number of benzene rings is 2. The average molecular weight is 450 g/mol. The Labute approximate surface area is 188 Å². The van der Waals surface area contributed by atoms with E-state index in [1.165, 1.54) is 21.5 Å². The normalized spacial score (nSPS) is 14.8. The molecule has 1 aliphatic carbocycles. The summed E-state index contributed by atoms with van der Waals surface area (Å²) in [5.74, 6) is -2.07. The number of hydrogen-bond acceptors (Lipinski definition) is 3. The van der Waals surface area contributed by atoms with Gasteiger partial charge in [-0.3, -0.25) is 9.36 Å². The van der Waals surface area contributed by atoms with E-state index in [1.807, 2.05) is 31.2 Å². The van der Waals surface area contributed by atoms with Crippen LogP contribution in [0.3, 0.4) is 0 Å². The summed E-state index contributed by atoms with van der Waals surface area (Å²) in [6, 6.07) is 11.0. The zero-order valence-corrected chi connectivity index (χ0v) is 18.3. The zero-order chi connectivity index (χ0) is 23.1. The Bertz CT molecular complexity index is 1440. The fourth-order valence-corrected chi connectivity index (χ4v) is 4.68. The Morgan fingerprint density at radius 1 is 0.970 bits per heavy atom. The van der Waals surface area contributed by atoms with Crippen LogP contribution in [-0.4, -0.2) is 18.7 Å². The molecule has 1 saturated carbocycles. The molecular formula is C25H24F2N4O2. The van der Waals surface area contributed by atoms with Gasteiger partial charge in [-0.25, -0.2) is 23.1 Å². The maximum Gasteiger partial charge on any atom is 0.337 e. The smallest absolute Gasteiger partial charge is 0.320 e. The molecule has 0 amide bonds. The molecule has 4 aromatic rings. The van der Waals surface area contributed by atoms with Crippen LogP contribution < -0.4 is 11.2 Å². The second kappa shape index (κ2) is 8.42. The first kappa shape index (κ1) is 21.3. The average Bonchev–Trinajstić information content (AvgIpc) is 3.22. The molecule has 170 valence electrons. The van der Waals surface area contributed by atoms with E-state index in [0.717, 1.165) is 55.4 Å². The number of fused-ring (bicyclic) bond motifs is 1. The Kier molecular flexibility index (Phi) is 5.44. The first-order chi connectivity index (χ1) is 15.9. The number of hydrogen-bond donors (Lipinski definition) is 0. The lowest BCUT2D eigenvalue weighted by molar-refractivity contribution is 0.335. The molecule has 0 N–H and O–H groups in total. The Balaban J connectivity index is 1.76. The molecule has 1 aliphatic rings. The fourth-order valence-electron chi connectivity index (χ4n) is 4.68. The van der Waals surface area contributed by atoms with E-state index in [0.29, 0.717) is 6.54 Å². The molecule has 0 aliphatic heterocycles. The molecule has 5 rings (SSSR count). The number of rotatable bonds is 4. The van der Waals surface area contributed by atoms with E-state index in [9.17, 15) is 18.4 Å². The molecular weight excluding hydrogens is 426 g/mol. The second-order valence-electron chi connectivity index (χ2n) is 8.71. The second-order valence-corrected chi connectivity index (χ2v) is 8.71. The number of aromatic nitrogens is 4. The van der Waals surface area contributed by atoms with Gasteiger partial charge in [0, 0.05) is 18.7 Å². The third kappa shape index (κ3) is 3.79. The van der Waals surface area contributed by atoms with Crippen LogP contribution in [0.2, 0.25) is 0 Å². The van der Waals surface area contributed by atoms with Gasteiger partial charge in [0.2, 0.25) is 0 Å². The van der Waals surface area contributed by atoms with Gasteiger partial charge in [0.15, 0.2) is 22.8 Å². The highest BCUT2D eigenvalue weighted by atomic mass is 19.2. The number of halogens is 2. The summed E-state index contributed by atoms with van der Waals surface area (Å²) in [5, 5.41) is 0. The van der Waals surface area contributed by atoms with Gasteiger partial charge in [0.1, 0.15) is 0 Å². The summed E-state index contributed by atoms with van der Waals surface area (Å²) in [7, 11) is 0. The minimum atomic E-state index is -1.07. The van der Waals surface area contributed by atoms with Gasteiger partial charge in [-0.1, -0.05) is 49.1 Å². The standard InChI is InChI=1S/C25H24F2N4O2/c1-16-7-9-17(10-8-16)14-29-15-28-23-22(29)24(32)31(18-5-3-2-4-6-18)25(33)30(23)19-11-12-20(26)21(27)13-19/h7-13,15,18H,2-6,14H2,1H3. The first-order valence-electron chi connectivity index (χ1n) is 11.2. The SMILES string of the molecule is Cc1ccc(Cn2cnc3c2c(=O)n(C2CCCCC2)c(=O)n3-c2ccc(F)c(F)c2)cc1. The van der Waals surface area contributed by atoms with Gasteiger partial charge in [0.25, 0.3) is 5.56 Å². The summed E-state index contributed by atoms with van der Waals surface area (Å²) in [6.45, 7) is 2.40. The number of imidazole rings is 1. The van der Waals surface area contributed by atoms with Crippen LogP contribution in [0, 0.1) is 18.6 Å². The quantitative estimate of drug-likeness (QED) is 0.460. The van der Waals surface area contributed by atoms with Crippen molar-refractivity contribution in [3.63, 3.8) is 0 Å². The lowest BCUT2D eigenvalue weighted by Gasteiger charge is -2.24. The van der Waals surface area contributed by atoms with Crippen molar-refractivity contribution in [2.45, 2.75) is 51.6 Å². The number of nitrogens with zero attached hydrogens (tertiary/aromatic N) is 4. The topological polar surface area (TPSA) is 61.8 Å². The lowest BCUT2D eigenvalue weighted by Crippen LogP contribution is -2.43. The van der Waals surface area contributed by atoms with E-state index in [4.69, 9.17) is 0 Å². The van der Waals surface area contributed by atoms with E-state index in [-0.39, 0.29) is 22.9 Å². The molecule has 0 spiro atoms. The molecule has 2 heterocycles. The molecule has 0 radical (unpaired) electrons. The third-order valence-electron chi connectivity index (χ3n) is 6.42. The van der Waals surface area contributed by atoms with Crippen molar-refractivity contribution in [2.75, 3.05) is 0 Å². The van der Waals surface area contributed by atoms with Crippen LogP contribution >= 0.6 is 0 Å². The van der Waals surface area contributed by atoms with Crippen LogP contribution in [-0.2, 0) is 6.54 Å². The van der Waals surface area contributed by atoms with Crippen molar-refractivity contribution in [1.29, 1.82) is 0 Å². The minimum Gasteiger partial charge on any atom is -0.320 e. The van der Waals surface area contributed by atoms with Gasteiger partial charge >= 0.3 is 5.69 Å². The monoisotopic (exact) mass is 450 g/mol. The van der Waals surface area contributed by atoms with Crippen molar-refractivity contribution < 1.29 is 8.78 Å². The minimum absolute atomic E-state index is 0.133. The van der Waals surface area contributed by atoms with Crippen LogP contribution in [0.25, 0.3) is 16.9 Å².